The lowest BCUT2D eigenvalue weighted by Crippen LogP contribution is -2.55. The Labute approximate surface area is 200 Å². The zero-order valence-electron chi connectivity index (χ0n) is 19.3. The summed E-state index contributed by atoms with van der Waals surface area (Å²) in [5, 5.41) is 12.3. The Morgan fingerprint density at radius 2 is 1.59 bits per heavy atom. The first-order chi connectivity index (χ1) is 16.4. The summed E-state index contributed by atoms with van der Waals surface area (Å²) >= 11 is 0. The molecule has 2 aromatic rings. The average Bonchev–Trinajstić information content (AvgIpc) is 3.35. The number of likely N-dealkylation sites (tertiary alicyclic amines) is 1. The van der Waals surface area contributed by atoms with Gasteiger partial charge >= 0.3 is 5.97 Å². The summed E-state index contributed by atoms with van der Waals surface area (Å²) in [7, 11) is 0. The molecule has 3 rings (SSSR count). The van der Waals surface area contributed by atoms with Gasteiger partial charge in [-0.25, -0.2) is 4.79 Å². The molecule has 0 bridgehead atoms. The number of rotatable bonds is 11. The Morgan fingerprint density at radius 1 is 1.00 bits per heavy atom. The van der Waals surface area contributed by atoms with Crippen LogP contribution in [0.25, 0.3) is 0 Å². The van der Waals surface area contributed by atoms with Crippen molar-refractivity contribution in [1.29, 1.82) is 0 Å². The zero-order chi connectivity index (χ0) is 24.5. The number of amides is 2. The smallest absolute Gasteiger partial charge is 0.326 e. The lowest BCUT2D eigenvalue weighted by molar-refractivity contribution is -0.149. The van der Waals surface area contributed by atoms with Crippen LogP contribution in [-0.4, -0.2) is 59.0 Å². The van der Waals surface area contributed by atoms with Crippen molar-refractivity contribution >= 4 is 17.8 Å². The average molecular weight is 467 g/mol. The summed E-state index contributed by atoms with van der Waals surface area (Å²) in [4.78, 5) is 39.6. The molecule has 1 aliphatic rings. The van der Waals surface area contributed by atoms with Crippen LogP contribution in [0.15, 0.2) is 60.7 Å². The topological polar surface area (TPSA) is 139 Å². The number of aliphatic carboxylic acids is 1. The molecule has 2 amide bonds. The van der Waals surface area contributed by atoms with Crippen LogP contribution in [0.1, 0.15) is 49.1 Å². The number of carbonyl (C=O) groups excluding carboxylic acids is 2. The summed E-state index contributed by atoms with van der Waals surface area (Å²) in [6, 6.07) is 16.4. The molecule has 0 radical (unpaired) electrons. The number of carbonyl (C=O) groups is 3. The fourth-order valence-corrected chi connectivity index (χ4v) is 4.58. The minimum Gasteiger partial charge on any atom is -0.480 e. The molecular formula is C26H34N4O4. The van der Waals surface area contributed by atoms with Crippen molar-refractivity contribution in [3.05, 3.63) is 71.8 Å². The molecule has 8 nitrogen and oxygen atoms in total. The van der Waals surface area contributed by atoms with Crippen LogP contribution in [0.3, 0.4) is 0 Å². The van der Waals surface area contributed by atoms with E-state index in [-0.39, 0.29) is 5.91 Å². The largest absolute Gasteiger partial charge is 0.480 e. The van der Waals surface area contributed by atoms with Crippen molar-refractivity contribution in [3.63, 3.8) is 0 Å². The number of hydrogen-bond donors (Lipinski definition) is 4. The number of nitrogens with two attached hydrogens (primary N) is 2. The third kappa shape index (κ3) is 6.21. The van der Waals surface area contributed by atoms with E-state index in [1.165, 1.54) is 4.90 Å². The second-order valence-electron chi connectivity index (χ2n) is 8.70. The maximum absolute atomic E-state index is 13.4. The van der Waals surface area contributed by atoms with E-state index in [9.17, 15) is 19.5 Å². The maximum atomic E-state index is 13.4. The van der Waals surface area contributed by atoms with Gasteiger partial charge in [-0.15, -0.1) is 0 Å². The Bertz CT molecular complexity index is 914. The van der Waals surface area contributed by atoms with Gasteiger partial charge in [-0.3, -0.25) is 9.59 Å². The SMILES string of the molecule is NCCCC[C@H](NC(=O)[C@@H](N)C(c1ccccc1)c1ccccc1)C(=O)N1CCC[C@H]1C(=O)O. The van der Waals surface area contributed by atoms with Crippen LogP contribution in [0.4, 0.5) is 0 Å². The van der Waals surface area contributed by atoms with Crippen LogP contribution in [0.2, 0.25) is 0 Å². The van der Waals surface area contributed by atoms with E-state index < -0.39 is 35.9 Å². The Hall–Kier alpha value is -3.23. The third-order valence-electron chi connectivity index (χ3n) is 6.36. The Balaban J connectivity index is 1.82. The van der Waals surface area contributed by atoms with Crippen LogP contribution >= 0.6 is 0 Å². The van der Waals surface area contributed by atoms with Crippen LogP contribution in [-0.2, 0) is 14.4 Å². The summed E-state index contributed by atoms with van der Waals surface area (Å²) in [5.41, 5.74) is 13.9. The summed E-state index contributed by atoms with van der Waals surface area (Å²) < 4.78 is 0. The van der Waals surface area contributed by atoms with Gasteiger partial charge in [0.25, 0.3) is 0 Å². The zero-order valence-corrected chi connectivity index (χ0v) is 19.3. The van der Waals surface area contributed by atoms with E-state index in [2.05, 4.69) is 5.32 Å². The predicted octanol–water partition coefficient (Wildman–Crippen LogP) is 1.84. The maximum Gasteiger partial charge on any atom is 0.326 e. The number of carboxylic acid groups (broad SMARTS) is 1. The van der Waals surface area contributed by atoms with E-state index >= 15 is 0 Å². The highest BCUT2D eigenvalue weighted by Crippen LogP contribution is 2.27. The molecule has 3 atom stereocenters. The molecule has 0 saturated carbocycles. The van der Waals surface area contributed by atoms with Gasteiger partial charge in [0.2, 0.25) is 11.8 Å². The van der Waals surface area contributed by atoms with E-state index in [4.69, 9.17) is 11.5 Å². The summed E-state index contributed by atoms with van der Waals surface area (Å²) in [6.45, 7) is 0.835. The first-order valence-electron chi connectivity index (χ1n) is 11.8. The number of carboxylic acids is 1. The molecule has 1 fully saturated rings. The number of nitrogens with one attached hydrogen (secondary N) is 1. The van der Waals surface area contributed by atoms with Gasteiger partial charge in [0.15, 0.2) is 0 Å². The molecule has 2 aromatic carbocycles. The molecule has 0 aliphatic carbocycles. The summed E-state index contributed by atoms with van der Waals surface area (Å²) in [5.74, 6) is -2.25. The minimum atomic E-state index is -1.03. The van der Waals surface area contributed by atoms with E-state index in [0.717, 1.165) is 11.1 Å². The van der Waals surface area contributed by atoms with Crippen molar-refractivity contribution in [2.45, 2.75) is 56.1 Å². The molecule has 1 aliphatic heterocycles. The highest BCUT2D eigenvalue weighted by Gasteiger charge is 2.38. The highest BCUT2D eigenvalue weighted by atomic mass is 16.4. The van der Waals surface area contributed by atoms with Crippen LogP contribution < -0.4 is 16.8 Å². The first-order valence-corrected chi connectivity index (χ1v) is 11.8. The predicted molar refractivity (Wildman–Crippen MR) is 130 cm³/mol. The fraction of sp³-hybridized carbons (Fsp3) is 0.423. The van der Waals surface area contributed by atoms with Gasteiger partial charge < -0.3 is 26.8 Å². The van der Waals surface area contributed by atoms with Gasteiger partial charge in [0.1, 0.15) is 12.1 Å². The molecule has 0 spiro atoms. The molecule has 0 aromatic heterocycles. The van der Waals surface area contributed by atoms with E-state index in [1.807, 2.05) is 60.7 Å². The number of benzene rings is 2. The van der Waals surface area contributed by atoms with E-state index in [1.54, 1.807) is 0 Å². The lowest BCUT2D eigenvalue weighted by atomic mass is 9.85. The normalized spacial score (nSPS) is 17.4. The summed E-state index contributed by atoms with van der Waals surface area (Å²) in [6.07, 6.45) is 2.74. The van der Waals surface area contributed by atoms with Gasteiger partial charge in [-0.2, -0.15) is 0 Å². The van der Waals surface area contributed by atoms with E-state index in [0.29, 0.717) is 45.2 Å². The third-order valence-corrected chi connectivity index (χ3v) is 6.36. The Morgan fingerprint density at radius 3 is 2.12 bits per heavy atom. The molecule has 34 heavy (non-hydrogen) atoms. The number of nitrogens with zero attached hydrogens (tertiary/aromatic N) is 1. The quantitative estimate of drug-likeness (QED) is 0.373. The second-order valence-corrected chi connectivity index (χ2v) is 8.70. The lowest BCUT2D eigenvalue weighted by Gasteiger charge is -2.30. The van der Waals surface area contributed by atoms with Crippen molar-refractivity contribution in [3.8, 4) is 0 Å². The molecule has 1 saturated heterocycles. The van der Waals surface area contributed by atoms with Gasteiger partial charge in [-0.1, -0.05) is 60.7 Å². The molecule has 6 N–H and O–H groups in total. The molecule has 0 unspecified atom stereocenters. The first kappa shape index (κ1) is 25.4. The monoisotopic (exact) mass is 466 g/mol. The standard InChI is InChI=1S/C26H34N4O4/c27-16-8-7-14-20(25(32)30-17-9-15-21(30)26(33)34)29-24(31)23(28)22(18-10-3-1-4-11-18)19-12-5-2-6-13-19/h1-6,10-13,20-23H,7-9,14-17,27-28H2,(H,29,31)(H,33,34)/t20-,21-,23-/m0/s1. The Kier molecular flexibility index (Phi) is 9.18. The van der Waals surface area contributed by atoms with Crippen molar-refractivity contribution < 1.29 is 19.5 Å². The van der Waals surface area contributed by atoms with Gasteiger partial charge in [0.05, 0.1) is 6.04 Å². The van der Waals surface area contributed by atoms with Gasteiger partial charge in [-0.05, 0) is 49.8 Å². The van der Waals surface area contributed by atoms with Crippen LogP contribution in [0.5, 0.6) is 0 Å². The molecule has 8 heteroatoms. The number of hydrogen-bond acceptors (Lipinski definition) is 5. The minimum absolute atomic E-state index is 0.363. The second kappa shape index (κ2) is 12.3. The van der Waals surface area contributed by atoms with Gasteiger partial charge in [0, 0.05) is 12.5 Å². The molecular weight excluding hydrogens is 432 g/mol. The fourth-order valence-electron chi connectivity index (χ4n) is 4.58. The number of unbranched alkanes of at least 4 members (excludes halogenated alkanes) is 1. The molecule has 182 valence electrons. The van der Waals surface area contributed by atoms with Crippen molar-refractivity contribution in [1.82, 2.24) is 10.2 Å². The van der Waals surface area contributed by atoms with Crippen molar-refractivity contribution in [2.24, 2.45) is 11.5 Å². The van der Waals surface area contributed by atoms with Crippen LogP contribution in [0, 0.1) is 0 Å². The molecule has 1 heterocycles. The highest BCUT2D eigenvalue weighted by molar-refractivity contribution is 5.92. The van der Waals surface area contributed by atoms with Crippen molar-refractivity contribution in [2.75, 3.05) is 13.1 Å².